The number of allylic oxidation sites excluding steroid dienone is 15. The molecule has 1 amide bonds. The van der Waals surface area contributed by atoms with Gasteiger partial charge in [-0.1, -0.05) is 298 Å². The summed E-state index contributed by atoms with van der Waals surface area (Å²) in [7, 11) is 1.49. The van der Waals surface area contributed by atoms with E-state index in [9.17, 15) is 19.0 Å². The second-order valence-corrected chi connectivity index (χ2v) is 27.2. The number of rotatable bonds is 66. The van der Waals surface area contributed by atoms with Gasteiger partial charge in [0.2, 0.25) is 5.91 Å². The van der Waals surface area contributed by atoms with Gasteiger partial charge >= 0.3 is 13.8 Å². The van der Waals surface area contributed by atoms with Crippen molar-refractivity contribution < 1.29 is 37.3 Å². The highest BCUT2D eigenvalue weighted by molar-refractivity contribution is 7.47. The quantitative estimate of drug-likeness (QED) is 0.0205. The summed E-state index contributed by atoms with van der Waals surface area (Å²) in [5.41, 5.74) is 0. The van der Waals surface area contributed by atoms with Crippen molar-refractivity contribution in [2.75, 3.05) is 40.9 Å². The van der Waals surface area contributed by atoms with Crippen LogP contribution in [0.25, 0.3) is 0 Å². The number of hydrogen-bond acceptors (Lipinski definition) is 6. The zero-order valence-corrected chi connectivity index (χ0v) is 58.6. The highest BCUT2D eigenvalue weighted by atomic mass is 31.2. The zero-order chi connectivity index (χ0) is 63.5. The summed E-state index contributed by atoms with van der Waals surface area (Å²) in [4.78, 5) is 38.0. The fourth-order valence-electron chi connectivity index (χ4n) is 10.3. The molecular weight excluding hydrogens is 1100 g/mol. The highest BCUT2D eigenvalue weighted by Gasteiger charge is 2.30. The van der Waals surface area contributed by atoms with E-state index in [1.807, 2.05) is 33.3 Å². The van der Waals surface area contributed by atoms with Crippen molar-refractivity contribution in [1.29, 1.82) is 0 Å². The maximum absolute atomic E-state index is 13.6. The SMILES string of the molecule is CCCCC/C=C\C/C=C\C/C=C\C/C=C\CCCCCCCCCCCCCC(=O)OC(/C=C\CCCCCCCCCCCCC)C(COP(=O)(O)OCC[N+](C)(C)C)NC(=O)CCCCCCCCCC/C=C\C/C=C\C/C=C\CCCCC. The van der Waals surface area contributed by atoms with E-state index in [1.165, 1.54) is 193 Å². The monoisotopic (exact) mass is 1240 g/mol. The highest BCUT2D eigenvalue weighted by Crippen LogP contribution is 2.43. The number of carbonyl (C=O) groups excluding carboxylic acids is 2. The third-order valence-electron chi connectivity index (χ3n) is 16.0. The van der Waals surface area contributed by atoms with Gasteiger partial charge in [-0.15, -0.1) is 0 Å². The van der Waals surface area contributed by atoms with Crippen LogP contribution in [-0.4, -0.2) is 74.3 Å². The molecule has 2 N–H and O–H groups in total. The average Bonchev–Trinajstić information content (AvgIpc) is 3.70. The standard InChI is InChI=1S/C77H139N2O7P/c1-7-10-13-16-19-22-25-28-30-32-34-36-37-38-39-40-41-43-45-47-49-52-55-58-61-64-67-70-77(81)86-75(68-65-62-59-56-53-50-27-24-21-18-15-12-9-3)74(73-85-87(82,83)84-72-71-79(4,5)6)78-76(80)69-66-63-60-57-54-51-48-46-44-42-35-33-31-29-26-23-20-17-14-11-8-2/h19-20,22-23,28-31,34-36,38-39,42,65,68,74-75H,7-18,21,24-27,32-33,37,40-41,43-64,66-67,69-73H2,1-6H3,(H-,78,80,82,83)/p+1/b22-19-,23-20-,30-28-,31-29-,36-34-,39-38-,42-35-,68-65-. The molecule has 0 aliphatic carbocycles. The second kappa shape index (κ2) is 65.9. The van der Waals surface area contributed by atoms with Crippen molar-refractivity contribution in [1.82, 2.24) is 5.32 Å². The van der Waals surface area contributed by atoms with Gasteiger partial charge in [0.15, 0.2) is 0 Å². The fraction of sp³-hybridized carbons (Fsp3) is 0.766. The molecule has 0 radical (unpaired) electrons. The van der Waals surface area contributed by atoms with Crippen LogP contribution in [0.1, 0.15) is 329 Å². The molecule has 504 valence electrons. The number of phosphoric acid groups is 1. The molecular formula is C77H140N2O7P+. The van der Waals surface area contributed by atoms with Gasteiger partial charge in [-0.3, -0.25) is 18.6 Å². The van der Waals surface area contributed by atoms with Crippen molar-refractivity contribution >= 4 is 19.7 Å². The van der Waals surface area contributed by atoms with Gasteiger partial charge in [-0.05, 0) is 115 Å². The molecule has 0 saturated heterocycles. The van der Waals surface area contributed by atoms with Crippen LogP contribution in [0.4, 0.5) is 0 Å². The zero-order valence-electron chi connectivity index (χ0n) is 57.7. The molecule has 0 aromatic rings. The van der Waals surface area contributed by atoms with E-state index in [1.54, 1.807) is 0 Å². The fourth-order valence-corrected chi connectivity index (χ4v) is 11.1. The largest absolute Gasteiger partial charge is 0.472 e. The Labute approximate surface area is 538 Å². The Morgan fingerprint density at radius 3 is 1.07 bits per heavy atom. The molecule has 0 aromatic carbocycles. The number of quaternary nitrogens is 1. The van der Waals surface area contributed by atoms with E-state index in [0.29, 0.717) is 17.4 Å². The van der Waals surface area contributed by atoms with Crippen LogP contribution in [-0.2, 0) is 27.9 Å². The number of ether oxygens (including phenoxy) is 1. The summed E-state index contributed by atoms with van der Waals surface area (Å²) in [5.74, 6) is -0.511. The predicted molar refractivity (Wildman–Crippen MR) is 378 cm³/mol. The van der Waals surface area contributed by atoms with Crippen LogP contribution in [0.15, 0.2) is 97.2 Å². The second-order valence-electron chi connectivity index (χ2n) is 25.8. The Morgan fingerprint density at radius 2 is 0.701 bits per heavy atom. The number of amides is 1. The van der Waals surface area contributed by atoms with E-state index in [0.717, 1.165) is 103 Å². The lowest BCUT2D eigenvalue weighted by Crippen LogP contribution is -2.47. The summed E-state index contributed by atoms with van der Waals surface area (Å²) in [6, 6.07) is -0.860. The van der Waals surface area contributed by atoms with Gasteiger partial charge in [-0.2, -0.15) is 0 Å². The summed E-state index contributed by atoms with van der Waals surface area (Å²) in [5, 5.41) is 3.07. The minimum atomic E-state index is -4.46. The minimum absolute atomic E-state index is 0.0348. The van der Waals surface area contributed by atoms with Crippen molar-refractivity contribution in [3.8, 4) is 0 Å². The number of phosphoric ester groups is 1. The molecule has 0 fully saturated rings. The van der Waals surface area contributed by atoms with Crippen LogP contribution in [0.2, 0.25) is 0 Å². The molecule has 87 heavy (non-hydrogen) atoms. The number of likely N-dealkylation sites (N-methyl/N-ethyl adjacent to an activating group) is 1. The number of hydrogen-bond donors (Lipinski definition) is 2. The Balaban J connectivity index is 5.10. The molecule has 3 atom stereocenters. The number of unbranched alkanes of at least 4 members (excludes halogenated alkanes) is 36. The van der Waals surface area contributed by atoms with Crippen molar-refractivity contribution in [3.63, 3.8) is 0 Å². The van der Waals surface area contributed by atoms with Crippen LogP contribution in [0.5, 0.6) is 0 Å². The molecule has 0 aliphatic rings. The van der Waals surface area contributed by atoms with Crippen LogP contribution in [0, 0.1) is 0 Å². The molecule has 10 heteroatoms. The van der Waals surface area contributed by atoms with Gasteiger partial charge in [0, 0.05) is 12.8 Å². The summed E-state index contributed by atoms with van der Waals surface area (Å²) >= 11 is 0. The molecule has 0 saturated carbocycles. The number of nitrogens with zero attached hydrogens (tertiary/aromatic N) is 1. The van der Waals surface area contributed by atoms with E-state index >= 15 is 0 Å². The summed E-state index contributed by atoms with van der Waals surface area (Å²) < 4.78 is 30.9. The number of carbonyl (C=O) groups is 2. The average molecular weight is 1240 g/mol. The molecule has 0 aromatic heterocycles. The van der Waals surface area contributed by atoms with Crippen molar-refractivity contribution in [3.05, 3.63) is 97.2 Å². The third kappa shape index (κ3) is 67.2. The lowest BCUT2D eigenvalue weighted by molar-refractivity contribution is -0.870. The lowest BCUT2D eigenvalue weighted by atomic mass is 10.0. The normalized spacial score (nSPS) is 14.1. The molecule has 0 rings (SSSR count). The van der Waals surface area contributed by atoms with Gasteiger partial charge in [0.05, 0.1) is 33.8 Å². The van der Waals surface area contributed by atoms with E-state index < -0.39 is 20.0 Å². The first kappa shape index (κ1) is 83.9. The maximum Gasteiger partial charge on any atom is 0.472 e. The molecule has 0 aliphatic heterocycles. The molecule has 9 nitrogen and oxygen atoms in total. The topological polar surface area (TPSA) is 111 Å². The van der Waals surface area contributed by atoms with E-state index in [-0.39, 0.29) is 31.5 Å². The van der Waals surface area contributed by atoms with E-state index in [2.05, 4.69) is 111 Å². The van der Waals surface area contributed by atoms with Crippen LogP contribution in [0.3, 0.4) is 0 Å². The van der Waals surface area contributed by atoms with Gasteiger partial charge in [0.1, 0.15) is 19.3 Å². The third-order valence-corrected chi connectivity index (χ3v) is 17.0. The van der Waals surface area contributed by atoms with E-state index in [4.69, 9.17) is 13.8 Å². The first-order valence-corrected chi connectivity index (χ1v) is 38.1. The first-order chi connectivity index (χ1) is 42.4. The summed E-state index contributed by atoms with van der Waals surface area (Å²) in [6.07, 6.45) is 89.8. The maximum atomic E-state index is 13.6. The van der Waals surface area contributed by atoms with Crippen LogP contribution >= 0.6 is 7.82 Å². The molecule has 0 spiro atoms. The predicted octanol–water partition coefficient (Wildman–Crippen LogP) is 23.5. The Kier molecular flexibility index (Phi) is 63.5. The van der Waals surface area contributed by atoms with Gasteiger partial charge < -0.3 is 19.4 Å². The summed E-state index contributed by atoms with van der Waals surface area (Å²) in [6.45, 7) is 6.98. The van der Waals surface area contributed by atoms with Gasteiger partial charge in [-0.25, -0.2) is 4.57 Å². The number of esters is 1. The Morgan fingerprint density at radius 1 is 0.402 bits per heavy atom. The van der Waals surface area contributed by atoms with Gasteiger partial charge in [0.25, 0.3) is 0 Å². The minimum Gasteiger partial charge on any atom is -0.456 e. The Hall–Kier alpha value is -3.07. The van der Waals surface area contributed by atoms with Crippen molar-refractivity contribution in [2.45, 2.75) is 341 Å². The smallest absolute Gasteiger partial charge is 0.456 e. The Bertz CT molecular complexity index is 1810. The van der Waals surface area contributed by atoms with Crippen LogP contribution < -0.4 is 5.32 Å². The molecule has 0 heterocycles. The van der Waals surface area contributed by atoms with Crippen molar-refractivity contribution in [2.24, 2.45) is 0 Å². The lowest BCUT2D eigenvalue weighted by Gasteiger charge is -2.27. The first-order valence-electron chi connectivity index (χ1n) is 36.6. The molecule has 0 bridgehead atoms. The molecule has 3 unspecified atom stereocenters. The number of nitrogens with one attached hydrogen (secondary N) is 1.